The van der Waals surface area contributed by atoms with Gasteiger partial charge in [0.25, 0.3) is 0 Å². The number of methoxy groups -OCH3 is 1. The number of nitriles is 1. The first kappa shape index (κ1) is 18.9. The summed E-state index contributed by atoms with van der Waals surface area (Å²) >= 11 is 0. The zero-order chi connectivity index (χ0) is 20.1. The van der Waals surface area contributed by atoms with E-state index < -0.39 is 5.97 Å². The van der Waals surface area contributed by atoms with Crippen LogP contribution >= 0.6 is 0 Å². The molecule has 3 aromatic rings. The maximum atomic E-state index is 12.3. The van der Waals surface area contributed by atoms with Crippen molar-refractivity contribution in [1.29, 1.82) is 5.26 Å². The zero-order valence-electron chi connectivity index (χ0n) is 15.8. The van der Waals surface area contributed by atoms with Crippen molar-refractivity contribution in [2.45, 2.75) is 13.8 Å². The van der Waals surface area contributed by atoms with Crippen LogP contribution in [0.5, 0.6) is 11.5 Å². The van der Waals surface area contributed by atoms with Crippen LogP contribution in [-0.4, -0.2) is 22.9 Å². The molecule has 0 saturated carbocycles. The van der Waals surface area contributed by atoms with Crippen LogP contribution in [0, 0.1) is 25.2 Å². The molecule has 0 atom stereocenters. The number of benzene rings is 2. The molecule has 0 bridgehead atoms. The smallest absolute Gasteiger partial charge is 0.336 e. The monoisotopic (exact) mass is 373 g/mol. The first-order chi connectivity index (χ1) is 13.5. The van der Waals surface area contributed by atoms with Gasteiger partial charge in [-0.25, -0.2) is 9.48 Å². The number of carbonyl (C=O) groups excluding carboxylic acids is 1. The average Bonchev–Trinajstić information content (AvgIpc) is 3.01. The second-order valence-corrected chi connectivity index (χ2v) is 6.06. The standard InChI is InChI=1S/C22H19N3O3/c1-15-19(16(2)25(24-15)18-7-5-4-6-8-18)10-12-22(26)28-20-11-9-17(14-23)13-21(20)27-3/h4-13H,1-3H3/b12-10+. The normalized spacial score (nSPS) is 10.6. The fraction of sp³-hybridized carbons (Fsp3) is 0.136. The molecular formula is C22H19N3O3. The van der Waals surface area contributed by atoms with Crippen LogP contribution in [0.4, 0.5) is 0 Å². The predicted molar refractivity (Wildman–Crippen MR) is 105 cm³/mol. The van der Waals surface area contributed by atoms with E-state index in [1.807, 2.05) is 54.9 Å². The average molecular weight is 373 g/mol. The number of ether oxygens (including phenoxy) is 2. The largest absolute Gasteiger partial charge is 0.493 e. The molecule has 0 spiro atoms. The quantitative estimate of drug-likeness (QED) is 0.384. The Hall–Kier alpha value is -3.85. The number of esters is 1. The Morgan fingerprint density at radius 1 is 1.14 bits per heavy atom. The van der Waals surface area contributed by atoms with E-state index in [4.69, 9.17) is 14.7 Å². The molecule has 0 fully saturated rings. The van der Waals surface area contributed by atoms with Gasteiger partial charge in [0.1, 0.15) is 0 Å². The van der Waals surface area contributed by atoms with Gasteiger partial charge in [0.2, 0.25) is 0 Å². The van der Waals surface area contributed by atoms with Crippen molar-refractivity contribution < 1.29 is 14.3 Å². The minimum Gasteiger partial charge on any atom is -0.493 e. The molecular weight excluding hydrogens is 354 g/mol. The highest BCUT2D eigenvalue weighted by Crippen LogP contribution is 2.28. The summed E-state index contributed by atoms with van der Waals surface area (Å²) in [4.78, 5) is 12.3. The van der Waals surface area contributed by atoms with Gasteiger partial charge in [-0.3, -0.25) is 0 Å². The summed E-state index contributed by atoms with van der Waals surface area (Å²) in [7, 11) is 1.45. The van der Waals surface area contributed by atoms with Crippen LogP contribution in [0.2, 0.25) is 0 Å². The van der Waals surface area contributed by atoms with Crippen LogP contribution in [0.1, 0.15) is 22.5 Å². The van der Waals surface area contributed by atoms with Gasteiger partial charge in [-0.15, -0.1) is 0 Å². The third-order valence-electron chi connectivity index (χ3n) is 4.24. The minimum atomic E-state index is -0.547. The topological polar surface area (TPSA) is 77.1 Å². The summed E-state index contributed by atoms with van der Waals surface area (Å²) in [6.07, 6.45) is 3.04. The van der Waals surface area contributed by atoms with E-state index in [0.29, 0.717) is 11.3 Å². The van der Waals surface area contributed by atoms with Crippen molar-refractivity contribution >= 4 is 12.0 Å². The second kappa shape index (κ2) is 8.23. The molecule has 0 saturated heterocycles. The number of hydrogen-bond acceptors (Lipinski definition) is 5. The molecule has 6 heteroatoms. The third-order valence-corrected chi connectivity index (χ3v) is 4.24. The lowest BCUT2D eigenvalue weighted by Crippen LogP contribution is -2.05. The lowest BCUT2D eigenvalue weighted by molar-refractivity contribution is -0.129. The SMILES string of the molecule is COc1cc(C#N)ccc1OC(=O)/C=C/c1c(C)nn(-c2ccccc2)c1C. The summed E-state index contributed by atoms with van der Waals surface area (Å²) in [5, 5.41) is 13.5. The van der Waals surface area contributed by atoms with E-state index in [0.717, 1.165) is 22.6 Å². The Kier molecular flexibility index (Phi) is 5.56. The van der Waals surface area contributed by atoms with Gasteiger partial charge >= 0.3 is 5.97 Å². The molecule has 0 unspecified atom stereocenters. The molecule has 0 aliphatic carbocycles. The Morgan fingerprint density at radius 2 is 1.89 bits per heavy atom. The highest BCUT2D eigenvalue weighted by molar-refractivity contribution is 5.89. The number of carbonyl (C=O) groups is 1. The van der Waals surface area contributed by atoms with E-state index in [-0.39, 0.29) is 5.75 Å². The molecule has 140 valence electrons. The van der Waals surface area contributed by atoms with Crippen molar-refractivity contribution in [2.24, 2.45) is 0 Å². The minimum absolute atomic E-state index is 0.254. The summed E-state index contributed by atoms with van der Waals surface area (Å²) < 4.78 is 12.4. The first-order valence-corrected chi connectivity index (χ1v) is 8.63. The summed E-state index contributed by atoms with van der Waals surface area (Å²) in [6, 6.07) is 16.4. The van der Waals surface area contributed by atoms with Crippen LogP contribution in [0.25, 0.3) is 11.8 Å². The molecule has 6 nitrogen and oxygen atoms in total. The highest BCUT2D eigenvalue weighted by Gasteiger charge is 2.12. The number of nitrogens with zero attached hydrogens (tertiary/aromatic N) is 3. The van der Waals surface area contributed by atoms with E-state index in [9.17, 15) is 4.79 Å². The molecule has 28 heavy (non-hydrogen) atoms. The Labute approximate surface area is 163 Å². The molecule has 0 amide bonds. The van der Waals surface area contributed by atoms with E-state index in [2.05, 4.69) is 5.10 Å². The van der Waals surface area contributed by atoms with Crippen molar-refractivity contribution in [3.63, 3.8) is 0 Å². The van der Waals surface area contributed by atoms with E-state index >= 15 is 0 Å². The van der Waals surface area contributed by atoms with Gasteiger partial charge in [-0.1, -0.05) is 18.2 Å². The van der Waals surface area contributed by atoms with Crippen molar-refractivity contribution in [3.8, 4) is 23.3 Å². The van der Waals surface area contributed by atoms with Gasteiger partial charge in [0.05, 0.1) is 30.1 Å². The number of para-hydroxylation sites is 1. The van der Waals surface area contributed by atoms with Crippen LogP contribution in [-0.2, 0) is 4.79 Å². The fourth-order valence-corrected chi connectivity index (χ4v) is 2.83. The Balaban J connectivity index is 1.80. The maximum Gasteiger partial charge on any atom is 0.336 e. The lowest BCUT2D eigenvalue weighted by Gasteiger charge is -2.07. The molecule has 0 radical (unpaired) electrons. The predicted octanol–water partition coefficient (Wildman–Crippen LogP) is 3.99. The van der Waals surface area contributed by atoms with E-state index in [1.54, 1.807) is 12.1 Å². The van der Waals surface area contributed by atoms with Gasteiger partial charge in [0, 0.05) is 23.4 Å². The fourth-order valence-electron chi connectivity index (χ4n) is 2.83. The number of aromatic nitrogens is 2. The zero-order valence-corrected chi connectivity index (χ0v) is 15.8. The molecule has 1 heterocycles. The third kappa shape index (κ3) is 3.94. The Bertz CT molecular complexity index is 1080. The lowest BCUT2D eigenvalue weighted by atomic mass is 10.2. The first-order valence-electron chi connectivity index (χ1n) is 8.63. The summed E-state index contributed by atoms with van der Waals surface area (Å²) in [6.45, 7) is 3.84. The maximum absolute atomic E-state index is 12.3. The van der Waals surface area contributed by atoms with Gasteiger partial charge in [0.15, 0.2) is 11.5 Å². The summed E-state index contributed by atoms with van der Waals surface area (Å²) in [5.41, 5.74) is 3.96. The van der Waals surface area contributed by atoms with Gasteiger partial charge < -0.3 is 9.47 Å². The van der Waals surface area contributed by atoms with Crippen LogP contribution in [0.3, 0.4) is 0 Å². The molecule has 0 N–H and O–H groups in total. The van der Waals surface area contributed by atoms with Crippen molar-refractivity contribution in [1.82, 2.24) is 9.78 Å². The highest BCUT2D eigenvalue weighted by atomic mass is 16.6. The molecule has 1 aromatic heterocycles. The van der Waals surface area contributed by atoms with E-state index in [1.165, 1.54) is 25.3 Å². The number of rotatable bonds is 5. The number of hydrogen-bond donors (Lipinski definition) is 0. The molecule has 0 aliphatic heterocycles. The van der Waals surface area contributed by atoms with Crippen LogP contribution < -0.4 is 9.47 Å². The van der Waals surface area contributed by atoms with Gasteiger partial charge in [-0.2, -0.15) is 10.4 Å². The molecule has 3 rings (SSSR count). The van der Waals surface area contributed by atoms with Crippen molar-refractivity contribution in [3.05, 3.63) is 77.1 Å². The number of aryl methyl sites for hydroxylation is 1. The Morgan fingerprint density at radius 3 is 2.57 bits per heavy atom. The summed E-state index contributed by atoms with van der Waals surface area (Å²) in [5.74, 6) is 0.0314. The van der Waals surface area contributed by atoms with Gasteiger partial charge in [-0.05, 0) is 44.2 Å². The van der Waals surface area contributed by atoms with Crippen molar-refractivity contribution in [2.75, 3.05) is 7.11 Å². The second-order valence-electron chi connectivity index (χ2n) is 6.06. The molecule has 2 aromatic carbocycles. The van der Waals surface area contributed by atoms with Crippen LogP contribution in [0.15, 0.2) is 54.6 Å². The molecule has 0 aliphatic rings.